The van der Waals surface area contributed by atoms with Gasteiger partial charge in [0.1, 0.15) is 5.76 Å². The molecule has 2 aromatic rings. The molecule has 1 aromatic heterocycles. The maximum absolute atomic E-state index is 13.4. The van der Waals surface area contributed by atoms with E-state index >= 15 is 0 Å². The van der Waals surface area contributed by atoms with Crippen LogP contribution in [0.15, 0.2) is 52.0 Å². The molecule has 1 atom stereocenters. The van der Waals surface area contributed by atoms with E-state index in [1.54, 1.807) is 24.3 Å². The molecular weight excluding hydrogens is 410 g/mol. The van der Waals surface area contributed by atoms with Crippen LogP contribution in [-0.4, -0.2) is 38.7 Å². The van der Waals surface area contributed by atoms with Crippen LogP contribution >= 0.6 is 0 Å². The minimum atomic E-state index is -3.85. The molecule has 1 saturated heterocycles. The molecule has 0 radical (unpaired) electrons. The summed E-state index contributed by atoms with van der Waals surface area (Å²) in [5.41, 5.74) is 1.18. The highest BCUT2D eigenvalue weighted by atomic mass is 32.2. The molecule has 29 heavy (non-hydrogen) atoms. The molecule has 0 amide bonds. The molecule has 0 bridgehead atoms. The SMILES string of the molecule is O=S1(=O)CC[C@@H](N(Cc2ccco2)S(=O)(=O)c2ccc(C3CCCCC3)cc2)C1. The zero-order valence-electron chi connectivity index (χ0n) is 16.4. The summed E-state index contributed by atoms with van der Waals surface area (Å²) in [6, 6.07) is 9.99. The summed E-state index contributed by atoms with van der Waals surface area (Å²) in [5, 5.41) is 0. The Hall–Kier alpha value is -1.64. The molecule has 4 rings (SSSR count). The lowest BCUT2D eigenvalue weighted by molar-refractivity contribution is 0.307. The van der Waals surface area contributed by atoms with Gasteiger partial charge in [-0.25, -0.2) is 16.8 Å². The van der Waals surface area contributed by atoms with Crippen LogP contribution in [-0.2, 0) is 26.4 Å². The summed E-state index contributed by atoms with van der Waals surface area (Å²) in [5.74, 6) is 0.867. The highest BCUT2D eigenvalue weighted by molar-refractivity contribution is 7.92. The third-order valence-corrected chi connectivity index (χ3v) is 9.73. The second kappa shape index (κ2) is 8.24. The number of nitrogens with zero attached hydrogens (tertiary/aromatic N) is 1. The fourth-order valence-corrected chi connectivity index (χ4v) is 7.90. The van der Waals surface area contributed by atoms with Crippen LogP contribution in [0.4, 0.5) is 0 Å². The Morgan fingerprint density at radius 2 is 1.72 bits per heavy atom. The van der Waals surface area contributed by atoms with Gasteiger partial charge in [-0.15, -0.1) is 0 Å². The van der Waals surface area contributed by atoms with Gasteiger partial charge in [0.05, 0.1) is 29.2 Å². The summed E-state index contributed by atoms with van der Waals surface area (Å²) < 4.78 is 57.5. The average molecular weight is 438 g/mol. The lowest BCUT2D eigenvalue weighted by atomic mass is 9.84. The van der Waals surface area contributed by atoms with Crippen LogP contribution in [0.25, 0.3) is 0 Å². The van der Waals surface area contributed by atoms with Crippen LogP contribution in [0.1, 0.15) is 55.8 Å². The molecule has 8 heteroatoms. The van der Waals surface area contributed by atoms with E-state index in [1.807, 2.05) is 12.1 Å². The summed E-state index contributed by atoms with van der Waals surface area (Å²) in [6.45, 7) is 0.0277. The summed E-state index contributed by atoms with van der Waals surface area (Å²) in [6.07, 6.45) is 7.81. The van der Waals surface area contributed by atoms with E-state index in [-0.39, 0.29) is 22.9 Å². The molecular formula is C21H27NO5S2. The van der Waals surface area contributed by atoms with E-state index in [2.05, 4.69) is 0 Å². The van der Waals surface area contributed by atoms with Crippen molar-refractivity contribution in [3.8, 4) is 0 Å². The maximum atomic E-state index is 13.4. The minimum Gasteiger partial charge on any atom is -0.468 e. The van der Waals surface area contributed by atoms with Gasteiger partial charge in [0.2, 0.25) is 10.0 Å². The van der Waals surface area contributed by atoms with Gasteiger partial charge in [-0.3, -0.25) is 0 Å². The van der Waals surface area contributed by atoms with Gasteiger partial charge >= 0.3 is 0 Å². The largest absolute Gasteiger partial charge is 0.468 e. The third kappa shape index (κ3) is 4.59. The average Bonchev–Trinajstić information content (AvgIpc) is 3.36. The second-order valence-electron chi connectivity index (χ2n) is 8.09. The molecule has 6 nitrogen and oxygen atoms in total. The quantitative estimate of drug-likeness (QED) is 0.688. The molecule has 0 unspecified atom stereocenters. The molecule has 158 valence electrons. The molecule has 1 aliphatic carbocycles. The van der Waals surface area contributed by atoms with E-state index in [4.69, 9.17) is 4.42 Å². The van der Waals surface area contributed by atoms with Gasteiger partial charge < -0.3 is 4.42 Å². The highest BCUT2D eigenvalue weighted by Gasteiger charge is 2.39. The topological polar surface area (TPSA) is 84.7 Å². The number of hydrogen-bond acceptors (Lipinski definition) is 5. The van der Waals surface area contributed by atoms with Gasteiger partial charge in [0.25, 0.3) is 0 Å². The first kappa shape index (κ1) is 20.6. The van der Waals surface area contributed by atoms with E-state index in [0.717, 1.165) is 12.8 Å². The maximum Gasteiger partial charge on any atom is 0.243 e. The van der Waals surface area contributed by atoms with Crippen LogP contribution in [0.5, 0.6) is 0 Å². The van der Waals surface area contributed by atoms with Gasteiger partial charge in [0.15, 0.2) is 9.84 Å². The van der Waals surface area contributed by atoms with Gasteiger partial charge in [-0.1, -0.05) is 31.4 Å². The number of sulfone groups is 1. The zero-order valence-corrected chi connectivity index (χ0v) is 18.0. The van der Waals surface area contributed by atoms with Crippen LogP contribution in [0.3, 0.4) is 0 Å². The molecule has 1 saturated carbocycles. The Bertz CT molecular complexity index is 1020. The molecule has 2 aliphatic rings. The fraction of sp³-hybridized carbons (Fsp3) is 0.524. The van der Waals surface area contributed by atoms with Crippen LogP contribution in [0, 0.1) is 0 Å². The number of rotatable bonds is 6. The first-order valence-corrected chi connectivity index (χ1v) is 13.5. The van der Waals surface area contributed by atoms with Crippen LogP contribution < -0.4 is 0 Å². The molecule has 2 heterocycles. The fourth-order valence-electron chi connectivity index (χ4n) is 4.45. The van der Waals surface area contributed by atoms with Gasteiger partial charge in [0, 0.05) is 6.04 Å². The van der Waals surface area contributed by atoms with Crippen molar-refractivity contribution in [3.05, 3.63) is 54.0 Å². The lowest BCUT2D eigenvalue weighted by Crippen LogP contribution is -2.40. The Labute approximate surface area is 172 Å². The van der Waals surface area contributed by atoms with E-state index in [0.29, 0.717) is 18.1 Å². The predicted molar refractivity (Wildman–Crippen MR) is 111 cm³/mol. The van der Waals surface area contributed by atoms with Gasteiger partial charge in [-0.2, -0.15) is 4.31 Å². The van der Waals surface area contributed by atoms with Crippen molar-refractivity contribution in [2.75, 3.05) is 11.5 Å². The number of benzene rings is 1. The molecule has 1 aromatic carbocycles. The van der Waals surface area contributed by atoms with E-state index in [9.17, 15) is 16.8 Å². The standard InChI is InChI=1S/C21H27NO5S2/c23-28(24)14-12-19(16-28)22(15-20-7-4-13-27-20)29(25,26)21-10-8-18(9-11-21)17-5-2-1-3-6-17/h4,7-11,13,17,19H,1-3,5-6,12,14-16H2/t19-/m1/s1. The first-order valence-electron chi connectivity index (χ1n) is 10.2. The summed E-state index contributed by atoms with van der Waals surface area (Å²) in [7, 11) is -7.07. The number of hydrogen-bond donors (Lipinski definition) is 0. The van der Waals surface area contributed by atoms with Crippen molar-refractivity contribution in [1.82, 2.24) is 4.31 Å². The van der Waals surface area contributed by atoms with Crippen molar-refractivity contribution in [1.29, 1.82) is 0 Å². The Balaban J connectivity index is 1.61. The molecule has 1 aliphatic heterocycles. The van der Waals surface area contributed by atoms with Crippen molar-refractivity contribution in [2.24, 2.45) is 0 Å². The molecule has 2 fully saturated rings. The predicted octanol–water partition coefficient (Wildman–Crippen LogP) is 3.71. The van der Waals surface area contributed by atoms with Crippen molar-refractivity contribution in [2.45, 2.75) is 61.9 Å². The van der Waals surface area contributed by atoms with Crippen molar-refractivity contribution in [3.63, 3.8) is 0 Å². The summed E-state index contributed by atoms with van der Waals surface area (Å²) in [4.78, 5) is 0.202. The minimum absolute atomic E-state index is 0.0163. The zero-order chi connectivity index (χ0) is 20.5. The first-order chi connectivity index (χ1) is 13.9. The Morgan fingerprint density at radius 3 is 2.31 bits per heavy atom. The normalized spacial score (nSPS) is 22.9. The number of furan rings is 1. The number of sulfonamides is 1. The van der Waals surface area contributed by atoms with E-state index in [1.165, 1.54) is 35.4 Å². The third-order valence-electron chi connectivity index (χ3n) is 6.07. The lowest BCUT2D eigenvalue weighted by Gasteiger charge is -2.27. The van der Waals surface area contributed by atoms with Crippen LogP contribution in [0.2, 0.25) is 0 Å². The van der Waals surface area contributed by atoms with E-state index < -0.39 is 25.9 Å². The van der Waals surface area contributed by atoms with Crippen molar-refractivity contribution < 1.29 is 21.3 Å². The van der Waals surface area contributed by atoms with Gasteiger partial charge in [-0.05, 0) is 55.0 Å². The second-order valence-corrected chi connectivity index (χ2v) is 12.2. The highest BCUT2D eigenvalue weighted by Crippen LogP contribution is 2.34. The monoisotopic (exact) mass is 437 g/mol. The Morgan fingerprint density at radius 1 is 1.00 bits per heavy atom. The molecule has 0 N–H and O–H groups in total. The molecule has 0 spiro atoms. The Kier molecular flexibility index (Phi) is 5.86. The smallest absolute Gasteiger partial charge is 0.243 e. The van der Waals surface area contributed by atoms with Crippen molar-refractivity contribution >= 4 is 19.9 Å². The summed E-state index contributed by atoms with van der Waals surface area (Å²) >= 11 is 0.